The van der Waals surface area contributed by atoms with Crippen molar-refractivity contribution in [3.63, 3.8) is 0 Å². The van der Waals surface area contributed by atoms with Crippen LogP contribution in [-0.2, 0) is 4.79 Å². The van der Waals surface area contributed by atoms with Crippen molar-refractivity contribution >= 4 is 11.9 Å². The van der Waals surface area contributed by atoms with Crippen LogP contribution in [0.3, 0.4) is 0 Å². The molecule has 1 rings (SSSR count). The van der Waals surface area contributed by atoms with Gasteiger partial charge in [-0.05, 0) is 18.2 Å². The fourth-order valence-electron chi connectivity index (χ4n) is 1.21. The molecule has 0 spiro atoms. The first kappa shape index (κ1) is 12.8. The predicted octanol–water partition coefficient (Wildman–Crippen LogP) is 1.21. The highest BCUT2D eigenvalue weighted by molar-refractivity contribution is 5.94. The summed E-state index contributed by atoms with van der Waals surface area (Å²) >= 11 is 0. The fourth-order valence-corrected chi connectivity index (χ4v) is 1.21. The molecule has 17 heavy (non-hydrogen) atoms. The average Bonchev–Trinajstić information content (AvgIpc) is 2.28. The summed E-state index contributed by atoms with van der Waals surface area (Å²) in [7, 11) is 3.34. The second kappa shape index (κ2) is 5.71. The third-order valence-corrected chi connectivity index (χ3v) is 1.99. The van der Waals surface area contributed by atoms with E-state index in [-0.39, 0.29) is 12.3 Å². The number of amides is 1. The van der Waals surface area contributed by atoms with Gasteiger partial charge in [-0.1, -0.05) is 17.9 Å². The summed E-state index contributed by atoms with van der Waals surface area (Å²) < 4.78 is 0. The molecule has 1 aromatic rings. The van der Waals surface area contributed by atoms with Gasteiger partial charge in [0.1, 0.15) is 6.42 Å². The molecular formula is C13H13NO3. The van der Waals surface area contributed by atoms with Crippen molar-refractivity contribution in [3.05, 3.63) is 35.4 Å². The second-order valence-electron chi connectivity index (χ2n) is 3.65. The first-order valence-corrected chi connectivity index (χ1v) is 5.03. The molecule has 0 radical (unpaired) electrons. The van der Waals surface area contributed by atoms with E-state index in [0.29, 0.717) is 11.1 Å². The third kappa shape index (κ3) is 3.99. The van der Waals surface area contributed by atoms with Gasteiger partial charge in [0.25, 0.3) is 5.91 Å². The lowest BCUT2D eigenvalue weighted by molar-refractivity contribution is -0.135. The quantitative estimate of drug-likeness (QED) is 0.778. The molecule has 0 bridgehead atoms. The first-order chi connectivity index (χ1) is 8.00. The molecule has 88 valence electrons. The van der Waals surface area contributed by atoms with Crippen molar-refractivity contribution in [2.24, 2.45) is 0 Å². The molecule has 4 heteroatoms. The molecule has 0 saturated heterocycles. The van der Waals surface area contributed by atoms with Crippen molar-refractivity contribution < 1.29 is 14.7 Å². The summed E-state index contributed by atoms with van der Waals surface area (Å²) in [5.74, 6) is 4.17. The lowest BCUT2D eigenvalue weighted by Gasteiger charge is -2.09. The van der Waals surface area contributed by atoms with E-state index >= 15 is 0 Å². The number of benzene rings is 1. The van der Waals surface area contributed by atoms with Crippen LogP contribution < -0.4 is 0 Å². The van der Waals surface area contributed by atoms with Crippen molar-refractivity contribution in [1.29, 1.82) is 0 Å². The number of nitrogens with zero attached hydrogens (tertiary/aromatic N) is 1. The van der Waals surface area contributed by atoms with E-state index in [0.717, 1.165) is 0 Å². The van der Waals surface area contributed by atoms with Crippen LogP contribution >= 0.6 is 0 Å². The number of hydrogen-bond donors (Lipinski definition) is 1. The van der Waals surface area contributed by atoms with Gasteiger partial charge >= 0.3 is 5.97 Å². The van der Waals surface area contributed by atoms with Crippen LogP contribution in [0, 0.1) is 11.8 Å². The van der Waals surface area contributed by atoms with Gasteiger partial charge < -0.3 is 10.0 Å². The Balaban J connectivity index is 2.89. The molecule has 0 aliphatic heterocycles. The molecule has 1 amide bonds. The molecule has 0 atom stereocenters. The lowest BCUT2D eigenvalue weighted by atomic mass is 10.1. The molecule has 1 aromatic carbocycles. The smallest absolute Gasteiger partial charge is 0.315 e. The van der Waals surface area contributed by atoms with E-state index in [1.54, 1.807) is 38.4 Å². The van der Waals surface area contributed by atoms with E-state index < -0.39 is 5.97 Å². The highest BCUT2D eigenvalue weighted by Crippen LogP contribution is 2.06. The number of carbonyl (C=O) groups is 2. The number of aliphatic carboxylic acids is 1. The maximum absolute atomic E-state index is 11.7. The number of hydrogen-bond acceptors (Lipinski definition) is 2. The number of rotatable bonds is 2. The maximum Gasteiger partial charge on any atom is 0.315 e. The zero-order valence-corrected chi connectivity index (χ0v) is 9.73. The molecule has 0 aliphatic carbocycles. The second-order valence-corrected chi connectivity index (χ2v) is 3.65. The first-order valence-electron chi connectivity index (χ1n) is 5.03. The summed E-state index contributed by atoms with van der Waals surface area (Å²) in [5, 5.41) is 8.44. The molecule has 0 unspecified atom stereocenters. The molecule has 0 aromatic heterocycles. The molecular weight excluding hydrogens is 218 g/mol. The maximum atomic E-state index is 11.7. The summed E-state index contributed by atoms with van der Waals surface area (Å²) in [6.45, 7) is 0. The van der Waals surface area contributed by atoms with E-state index in [4.69, 9.17) is 5.11 Å². The van der Waals surface area contributed by atoms with Gasteiger partial charge in [0.05, 0.1) is 0 Å². The van der Waals surface area contributed by atoms with Crippen LogP contribution in [0.25, 0.3) is 0 Å². The Labute approximate surface area is 99.9 Å². The Morgan fingerprint density at radius 3 is 2.65 bits per heavy atom. The minimum atomic E-state index is -0.960. The Hall–Kier alpha value is -2.28. The zero-order chi connectivity index (χ0) is 12.8. The minimum absolute atomic E-state index is 0.105. The van der Waals surface area contributed by atoms with Crippen LogP contribution in [0.5, 0.6) is 0 Å². The van der Waals surface area contributed by atoms with Crippen molar-refractivity contribution in [3.8, 4) is 11.8 Å². The van der Waals surface area contributed by atoms with Crippen LogP contribution in [-0.4, -0.2) is 36.0 Å². The average molecular weight is 231 g/mol. The minimum Gasteiger partial charge on any atom is -0.481 e. The van der Waals surface area contributed by atoms with Crippen LogP contribution in [0.4, 0.5) is 0 Å². The summed E-state index contributed by atoms with van der Waals surface area (Å²) in [6, 6.07) is 6.81. The summed E-state index contributed by atoms with van der Waals surface area (Å²) in [5.41, 5.74) is 1.18. The monoisotopic (exact) mass is 231 g/mol. The third-order valence-electron chi connectivity index (χ3n) is 1.99. The normalized spacial score (nSPS) is 9.06. The Kier molecular flexibility index (Phi) is 4.29. The van der Waals surface area contributed by atoms with Gasteiger partial charge in [0.15, 0.2) is 0 Å². The highest BCUT2D eigenvalue weighted by atomic mass is 16.4. The van der Waals surface area contributed by atoms with Crippen LogP contribution in [0.15, 0.2) is 24.3 Å². The van der Waals surface area contributed by atoms with Crippen LogP contribution in [0.1, 0.15) is 22.3 Å². The lowest BCUT2D eigenvalue weighted by Crippen LogP contribution is -2.21. The summed E-state index contributed by atoms with van der Waals surface area (Å²) in [6.07, 6.45) is -0.203. The van der Waals surface area contributed by atoms with E-state index in [1.165, 1.54) is 4.90 Å². The SMILES string of the molecule is CN(C)C(=O)c1cccc(C#CCC(=O)O)c1. The van der Waals surface area contributed by atoms with Crippen LogP contribution in [0.2, 0.25) is 0 Å². The highest BCUT2D eigenvalue weighted by Gasteiger charge is 2.07. The van der Waals surface area contributed by atoms with E-state index in [9.17, 15) is 9.59 Å². The number of carboxylic acid groups (broad SMARTS) is 1. The van der Waals surface area contributed by atoms with Gasteiger partial charge in [-0.25, -0.2) is 0 Å². The van der Waals surface area contributed by atoms with Gasteiger partial charge in [0, 0.05) is 25.2 Å². The standard InChI is InChI=1S/C13H13NO3/c1-14(2)13(17)11-7-3-5-10(9-11)6-4-8-12(15)16/h3,5,7,9H,8H2,1-2H3,(H,15,16). The topological polar surface area (TPSA) is 57.6 Å². The van der Waals surface area contributed by atoms with Crippen molar-refractivity contribution in [2.45, 2.75) is 6.42 Å². The van der Waals surface area contributed by atoms with Gasteiger partial charge in [-0.15, -0.1) is 0 Å². The Morgan fingerprint density at radius 2 is 2.06 bits per heavy atom. The van der Waals surface area contributed by atoms with Gasteiger partial charge in [0.2, 0.25) is 0 Å². The van der Waals surface area contributed by atoms with Gasteiger partial charge in [-0.2, -0.15) is 0 Å². The van der Waals surface area contributed by atoms with Gasteiger partial charge in [-0.3, -0.25) is 9.59 Å². The summed E-state index contributed by atoms with van der Waals surface area (Å²) in [4.78, 5) is 23.4. The zero-order valence-electron chi connectivity index (χ0n) is 9.73. The molecule has 0 aliphatic rings. The Morgan fingerprint density at radius 1 is 1.35 bits per heavy atom. The predicted molar refractivity (Wildman–Crippen MR) is 63.6 cm³/mol. The molecule has 1 N–H and O–H groups in total. The van der Waals surface area contributed by atoms with E-state index in [1.807, 2.05) is 0 Å². The number of carbonyl (C=O) groups excluding carboxylic acids is 1. The largest absolute Gasteiger partial charge is 0.481 e. The number of carboxylic acids is 1. The Bertz CT molecular complexity index is 495. The molecule has 4 nitrogen and oxygen atoms in total. The van der Waals surface area contributed by atoms with Crippen molar-refractivity contribution in [2.75, 3.05) is 14.1 Å². The molecule has 0 saturated carbocycles. The molecule has 0 fully saturated rings. The van der Waals surface area contributed by atoms with E-state index in [2.05, 4.69) is 11.8 Å². The van der Waals surface area contributed by atoms with Crippen molar-refractivity contribution in [1.82, 2.24) is 4.90 Å². The molecule has 0 heterocycles. The fraction of sp³-hybridized carbons (Fsp3) is 0.231.